The van der Waals surface area contributed by atoms with Crippen LogP contribution in [0, 0.1) is 0 Å². The minimum Gasteiger partial charge on any atom is -0.493 e. The summed E-state index contributed by atoms with van der Waals surface area (Å²) in [5.74, 6) is 1.47. The van der Waals surface area contributed by atoms with Crippen molar-refractivity contribution in [1.29, 1.82) is 0 Å². The molecule has 0 aliphatic heterocycles. The lowest BCUT2D eigenvalue weighted by Gasteiger charge is -2.21. The molecular weight excluding hydrogens is 342 g/mol. The Morgan fingerprint density at radius 2 is 1.68 bits per heavy atom. The molecule has 1 heterocycles. The summed E-state index contributed by atoms with van der Waals surface area (Å²) in [5.41, 5.74) is 0.238. The van der Waals surface area contributed by atoms with Crippen LogP contribution in [0.1, 0.15) is 20.8 Å². The van der Waals surface area contributed by atoms with E-state index in [9.17, 15) is 8.42 Å². The Labute approximate surface area is 148 Å². The third-order valence-corrected chi connectivity index (χ3v) is 4.56. The lowest BCUT2D eigenvalue weighted by molar-refractivity contribution is 0.354. The summed E-state index contributed by atoms with van der Waals surface area (Å²) in [6.45, 7) is 6.05. The molecule has 2 aromatic rings. The summed E-state index contributed by atoms with van der Waals surface area (Å²) in [7, 11) is -0.825. The minimum absolute atomic E-state index is 0.0713. The first kappa shape index (κ1) is 18.9. The van der Waals surface area contributed by atoms with E-state index in [4.69, 9.17) is 9.47 Å². The van der Waals surface area contributed by atoms with Crippen LogP contribution >= 0.6 is 0 Å². The molecule has 7 nitrogen and oxygen atoms in total. The monoisotopic (exact) mass is 365 g/mol. The van der Waals surface area contributed by atoms with Crippen molar-refractivity contribution in [3.05, 3.63) is 36.5 Å². The van der Waals surface area contributed by atoms with Crippen LogP contribution in [0.15, 0.2) is 41.4 Å². The fourth-order valence-corrected chi connectivity index (χ4v) is 3.17. The molecule has 2 rings (SSSR count). The van der Waals surface area contributed by atoms with Crippen molar-refractivity contribution < 1.29 is 17.9 Å². The number of ether oxygens (including phenoxy) is 2. The summed E-state index contributed by atoms with van der Waals surface area (Å²) in [6, 6.07) is 7.77. The molecule has 0 spiro atoms. The Hall–Kier alpha value is -2.48. The standard InChI is InChI=1S/C17H23N3O4S/c1-17(2,3)19-16-9-6-12(11-18-16)20-25(21,22)13-7-8-14(23-4)15(10-13)24-5/h6-11,20H,1-5H3,(H,18,19). The Balaban J connectivity index is 2.21. The first-order chi connectivity index (χ1) is 11.6. The fourth-order valence-electron chi connectivity index (χ4n) is 2.11. The fraction of sp³-hybridized carbons (Fsp3) is 0.353. The highest BCUT2D eigenvalue weighted by Gasteiger charge is 2.18. The van der Waals surface area contributed by atoms with Crippen LogP contribution in [-0.4, -0.2) is 33.2 Å². The molecular formula is C17H23N3O4S. The van der Waals surface area contributed by atoms with Gasteiger partial charge in [-0.3, -0.25) is 4.72 Å². The Morgan fingerprint density at radius 1 is 1.00 bits per heavy atom. The molecule has 0 aliphatic rings. The van der Waals surface area contributed by atoms with E-state index in [2.05, 4.69) is 15.0 Å². The molecule has 0 aliphatic carbocycles. The SMILES string of the molecule is COc1ccc(S(=O)(=O)Nc2ccc(NC(C)(C)C)nc2)cc1OC. The minimum atomic E-state index is -3.76. The van der Waals surface area contributed by atoms with Crippen molar-refractivity contribution in [2.75, 3.05) is 24.3 Å². The van der Waals surface area contributed by atoms with Gasteiger partial charge in [-0.2, -0.15) is 0 Å². The number of hydrogen-bond donors (Lipinski definition) is 2. The zero-order valence-corrected chi connectivity index (χ0v) is 15.8. The highest BCUT2D eigenvalue weighted by Crippen LogP contribution is 2.30. The third-order valence-electron chi connectivity index (χ3n) is 3.18. The van der Waals surface area contributed by atoms with Gasteiger partial charge in [-0.15, -0.1) is 0 Å². The largest absolute Gasteiger partial charge is 0.493 e. The van der Waals surface area contributed by atoms with E-state index < -0.39 is 10.0 Å². The number of hydrogen-bond acceptors (Lipinski definition) is 6. The first-order valence-electron chi connectivity index (χ1n) is 7.64. The Morgan fingerprint density at radius 3 is 2.20 bits per heavy atom. The highest BCUT2D eigenvalue weighted by atomic mass is 32.2. The molecule has 2 N–H and O–H groups in total. The van der Waals surface area contributed by atoms with Gasteiger partial charge in [0.2, 0.25) is 0 Å². The maximum Gasteiger partial charge on any atom is 0.262 e. The molecule has 0 unspecified atom stereocenters. The molecule has 0 radical (unpaired) electrons. The number of rotatable bonds is 6. The quantitative estimate of drug-likeness (QED) is 0.817. The van der Waals surface area contributed by atoms with Gasteiger partial charge in [-0.25, -0.2) is 13.4 Å². The number of anilines is 2. The normalized spacial score (nSPS) is 11.7. The van der Waals surface area contributed by atoms with Gasteiger partial charge >= 0.3 is 0 Å². The molecule has 25 heavy (non-hydrogen) atoms. The predicted octanol–water partition coefficient (Wildman–Crippen LogP) is 3.11. The lowest BCUT2D eigenvalue weighted by atomic mass is 10.1. The number of benzene rings is 1. The molecule has 0 fully saturated rings. The number of pyridine rings is 1. The van der Waals surface area contributed by atoms with Crippen LogP contribution in [0.3, 0.4) is 0 Å². The second-order valence-electron chi connectivity index (χ2n) is 6.43. The Bertz CT molecular complexity index is 828. The predicted molar refractivity (Wildman–Crippen MR) is 98.0 cm³/mol. The average Bonchev–Trinajstić information content (AvgIpc) is 2.54. The Kier molecular flexibility index (Phi) is 5.42. The van der Waals surface area contributed by atoms with Crippen molar-refractivity contribution in [3.63, 3.8) is 0 Å². The van der Waals surface area contributed by atoms with Gasteiger partial charge in [0, 0.05) is 11.6 Å². The molecule has 0 atom stereocenters. The maximum atomic E-state index is 12.5. The van der Waals surface area contributed by atoms with E-state index in [0.29, 0.717) is 23.0 Å². The highest BCUT2D eigenvalue weighted by molar-refractivity contribution is 7.92. The van der Waals surface area contributed by atoms with Crippen molar-refractivity contribution in [2.45, 2.75) is 31.2 Å². The van der Waals surface area contributed by atoms with Gasteiger partial charge in [-0.1, -0.05) is 0 Å². The maximum absolute atomic E-state index is 12.5. The number of methoxy groups -OCH3 is 2. The summed E-state index contributed by atoms with van der Waals surface area (Å²) in [6.07, 6.45) is 1.46. The number of sulfonamides is 1. The van der Waals surface area contributed by atoms with Crippen molar-refractivity contribution in [3.8, 4) is 11.5 Å². The van der Waals surface area contributed by atoms with E-state index in [-0.39, 0.29) is 10.4 Å². The summed E-state index contributed by atoms with van der Waals surface area (Å²) >= 11 is 0. The van der Waals surface area contributed by atoms with Crippen LogP contribution in [-0.2, 0) is 10.0 Å². The van der Waals surface area contributed by atoms with E-state index in [0.717, 1.165) is 0 Å². The smallest absolute Gasteiger partial charge is 0.262 e. The van der Waals surface area contributed by atoms with Gasteiger partial charge in [0.15, 0.2) is 11.5 Å². The van der Waals surface area contributed by atoms with E-state index in [1.54, 1.807) is 18.2 Å². The van der Waals surface area contributed by atoms with E-state index in [1.165, 1.54) is 32.5 Å². The average molecular weight is 365 g/mol. The molecule has 1 aromatic heterocycles. The third kappa shape index (κ3) is 4.99. The second-order valence-corrected chi connectivity index (χ2v) is 8.11. The van der Waals surface area contributed by atoms with Crippen LogP contribution < -0.4 is 19.5 Å². The lowest BCUT2D eigenvalue weighted by Crippen LogP contribution is -2.26. The number of aromatic nitrogens is 1. The molecule has 0 amide bonds. The van der Waals surface area contributed by atoms with Crippen LogP contribution in [0.25, 0.3) is 0 Å². The molecule has 136 valence electrons. The van der Waals surface area contributed by atoms with Gasteiger partial charge in [0.1, 0.15) is 5.82 Å². The van der Waals surface area contributed by atoms with Crippen molar-refractivity contribution in [1.82, 2.24) is 4.98 Å². The van der Waals surface area contributed by atoms with Gasteiger partial charge < -0.3 is 14.8 Å². The summed E-state index contributed by atoms with van der Waals surface area (Å²) in [5, 5.41) is 3.21. The van der Waals surface area contributed by atoms with Crippen molar-refractivity contribution >= 4 is 21.5 Å². The number of nitrogens with zero attached hydrogens (tertiary/aromatic N) is 1. The molecule has 8 heteroatoms. The first-order valence-corrected chi connectivity index (χ1v) is 9.12. The van der Waals surface area contributed by atoms with E-state index >= 15 is 0 Å². The van der Waals surface area contributed by atoms with Gasteiger partial charge in [0.25, 0.3) is 10.0 Å². The molecule has 0 bridgehead atoms. The second kappa shape index (κ2) is 7.18. The zero-order chi connectivity index (χ0) is 18.7. The van der Waals surface area contributed by atoms with E-state index in [1.807, 2.05) is 20.8 Å². The van der Waals surface area contributed by atoms with Gasteiger partial charge in [0.05, 0.1) is 31.0 Å². The van der Waals surface area contributed by atoms with Crippen molar-refractivity contribution in [2.24, 2.45) is 0 Å². The molecule has 1 aromatic carbocycles. The zero-order valence-electron chi connectivity index (χ0n) is 15.0. The molecule has 0 saturated heterocycles. The summed E-state index contributed by atoms with van der Waals surface area (Å²) < 4.78 is 37.8. The molecule has 0 saturated carbocycles. The van der Waals surface area contributed by atoms with Crippen LogP contribution in [0.5, 0.6) is 11.5 Å². The topological polar surface area (TPSA) is 89.6 Å². The van der Waals surface area contributed by atoms with Gasteiger partial charge in [-0.05, 0) is 45.0 Å². The van der Waals surface area contributed by atoms with Crippen LogP contribution in [0.2, 0.25) is 0 Å². The van der Waals surface area contributed by atoms with Crippen LogP contribution in [0.4, 0.5) is 11.5 Å². The number of nitrogens with one attached hydrogen (secondary N) is 2. The summed E-state index contributed by atoms with van der Waals surface area (Å²) in [4.78, 5) is 4.29.